The first-order valence-electron chi connectivity index (χ1n) is 9.82. The molecule has 0 atom stereocenters. The molecule has 2 aromatic rings. The standard InChI is InChI=1S/C21H30N4O2S.HI/c1-22-21(23-8-7-20-6-3-15-28-20)24-17-18-4-2-5-19(16-18)27-14-11-25-9-12-26-13-10-25;/h2-6,15-16H,7-14,17H2,1H3,(H2,22,23,24);1H. The van der Waals surface area contributed by atoms with Crippen LogP contribution in [0.25, 0.3) is 0 Å². The zero-order valence-electron chi connectivity index (χ0n) is 16.9. The van der Waals surface area contributed by atoms with Crippen LogP contribution in [0, 0.1) is 0 Å². The molecule has 1 saturated heterocycles. The van der Waals surface area contributed by atoms with Gasteiger partial charge in [0.1, 0.15) is 12.4 Å². The third kappa shape index (κ3) is 8.90. The van der Waals surface area contributed by atoms with Gasteiger partial charge in [-0.05, 0) is 35.6 Å². The third-order valence-electron chi connectivity index (χ3n) is 4.61. The third-order valence-corrected chi connectivity index (χ3v) is 5.54. The van der Waals surface area contributed by atoms with Gasteiger partial charge < -0.3 is 20.1 Å². The predicted molar refractivity (Wildman–Crippen MR) is 131 cm³/mol. The van der Waals surface area contributed by atoms with E-state index >= 15 is 0 Å². The lowest BCUT2D eigenvalue weighted by molar-refractivity contribution is 0.0322. The van der Waals surface area contributed by atoms with Crippen LogP contribution in [-0.2, 0) is 17.7 Å². The van der Waals surface area contributed by atoms with Crippen molar-refractivity contribution in [2.45, 2.75) is 13.0 Å². The summed E-state index contributed by atoms with van der Waals surface area (Å²) in [6.45, 7) is 6.84. The number of nitrogens with zero attached hydrogens (tertiary/aromatic N) is 2. The zero-order chi connectivity index (χ0) is 19.4. The van der Waals surface area contributed by atoms with E-state index in [-0.39, 0.29) is 24.0 Å². The van der Waals surface area contributed by atoms with Gasteiger partial charge in [0.2, 0.25) is 0 Å². The van der Waals surface area contributed by atoms with Crippen molar-refractivity contribution in [3.8, 4) is 5.75 Å². The molecule has 1 aliphatic heterocycles. The molecule has 0 saturated carbocycles. The number of benzene rings is 1. The lowest BCUT2D eigenvalue weighted by Gasteiger charge is -2.26. The van der Waals surface area contributed by atoms with Crippen LogP contribution >= 0.6 is 35.3 Å². The first-order valence-corrected chi connectivity index (χ1v) is 10.7. The second-order valence-electron chi connectivity index (χ2n) is 6.63. The van der Waals surface area contributed by atoms with Crippen molar-refractivity contribution in [1.82, 2.24) is 15.5 Å². The number of aliphatic imine (C=N–C) groups is 1. The lowest BCUT2D eigenvalue weighted by Crippen LogP contribution is -2.38. The van der Waals surface area contributed by atoms with Crippen LogP contribution in [0.2, 0.25) is 0 Å². The van der Waals surface area contributed by atoms with Crippen molar-refractivity contribution < 1.29 is 9.47 Å². The number of thiophene rings is 1. The number of morpholine rings is 1. The molecule has 3 rings (SSSR count). The van der Waals surface area contributed by atoms with Gasteiger partial charge in [0.25, 0.3) is 0 Å². The van der Waals surface area contributed by atoms with Crippen LogP contribution in [0.5, 0.6) is 5.75 Å². The number of ether oxygens (including phenoxy) is 2. The average molecular weight is 530 g/mol. The quantitative estimate of drug-likeness (QED) is 0.297. The molecule has 8 heteroatoms. The Kier molecular flexibility index (Phi) is 11.4. The molecule has 0 amide bonds. The fourth-order valence-electron chi connectivity index (χ4n) is 3.03. The number of nitrogens with one attached hydrogen (secondary N) is 2. The molecule has 29 heavy (non-hydrogen) atoms. The first kappa shape index (κ1) is 23.9. The molecule has 2 N–H and O–H groups in total. The number of halogens is 1. The molecule has 0 aliphatic carbocycles. The van der Waals surface area contributed by atoms with Crippen LogP contribution in [-0.4, -0.2) is 63.9 Å². The molecular weight excluding hydrogens is 499 g/mol. The minimum Gasteiger partial charge on any atom is -0.492 e. The summed E-state index contributed by atoms with van der Waals surface area (Å²) in [5, 5.41) is 8.84. The Morgan fingerprint density at radius 2 is 2.07 bits per heavy atom. The highest BCUT2D eigenvalue weighted by atomic mass is 127. The summed E-state index contributed by atoms with van der Waals surface area (Å²) in [6.07, 6.45) is 1.00. The molecule has 0 unspecified atom stereocenters. The normalized spacial score (nSPS) is 14.9. The van der Waals surface area contributed by atoms with Crippen LogP contribution in [0.15, 0.2) is 46.8 Å². The zero-order valence-corrected chi connectivity index (χ0v) is 20.1. The highest BCUT2D eigenvalue weighted by Gasteiger charge is 2.09. The SMILES string of the molecule is CN=C(NCCc1cccs1)NCc1cccc(OCCN2CCOCC2)c1.I. The molecule has 0 radical (unpaired) electrons. The summed E-state index contributed by atoms with van der Waals surface area (Å²) in [4.78, 5) is 8.05. The first-order chi connectivity index (χ1) is 13.8. The maximum Gasteiger partial charge on any atom is 0.191 e. The Morgan fingerprint density at radius 3 is 2.83 bits per heavy atom. The van der Waals surface area contributed by atoms with E-state index in [1.165, 1.54) is 10.4 Å². The van der Waals surface area contributed by atoms with E-state index in [1.807, 2.05) is 12.1 Å². The molecule has 0 spiro atoms. The molecule has 0 bridgehead atoms. The summed E-state index contributed by atoms with van der Waals surface area (Å²) < 4.78 is 11.3. The van der Waals surface area contributed by atoms with E-state index in [4.69, 9.17) is 9.47 Å². The number of guanidine groups is 1. The summed E-state index contributed by atoms with van der Waals surface area (Å²) in [5.74, 6) is 1.73. The molecule has 1 fully saturated rings. The van der Waals surface area contributed by atoms with Crippen molar-refractivity contribution in [3.05, 3.63) is 52.2 Å². The Hall–Kier alpha value is -1.36. The van der Waals surface area contributed by atoms with Crippen molar-refractivity contribution in [2.75, 3.05) is 53.0 Å². The minimum absolute atomic E-state index is 0. The number of rotatable bonds is 9. The van der Waals surface area contributed by atoms with E-state index in [0.29, 0.717) is 13.2 Å². The Labute approximate surface area is 194 Å². The maximum absolute atomic E-state index is 5.93. The van der Waals surface area contributed by atoms with Gasteiger partial charge in [0, 0.05) is 44.6 Å². The summed E-state index contributed by atoms with van der Waals surface area (Å²) >= 11 is 1.79. The van der Waals surface area contributed by atoms with E-state index in [9.17, 15) is 0 Å². The van der Waals surface area contributed by atoms with Crippen LogP contribution in [0.3, 0.4) is 0 Å². The lowest BCUT2D eigenvalue weighted by atomic mass is 10.2. The van der Waals surface area contributed by atoms with Gasteiger partial charge in [-0.25, -0.2) is 0 Å². The summed E-state index contributed by atoms with van der Waals surface area (Å²) in [5.41, 5.74) is 1.17. The van der Waals surface area contributed by atoms with Crippen LogP contribution < -0.4 is 15.4 Å². The minimum atomic E-state index is 0. The topological polar surface area (TPSA) is 58.1 Å². The van der Waals surface area contributed by atoms with Crippen molar-refractivity contribution in [2.24, 2.45) is 4.99 Å². The molecule has 1 aromatic carbocycles. The number of hydrogen-bond donors (Lipinski definition) is 2. The van der Waals surface area contributed by atoms with Gasteiger partial charge in [-0.15, -0.1) is 35.3 Å². The van der Waals surface area contributed by atoms with Gasteiger partial charge in [-0.3, -0.25) is 9.89 Å². The smallest absolute Gasteiger partial charge is 0.191 e. The van der Waals surface area contributed by atoms with Crippen molar-refractivity contribution in [3.63, 3.8) is 0 Å². The van der Waals surface area contributed by atoms with E-state index in [2.05, 4.69) is 50.2 Å². The van der Waals surface area contributed by atoms with Gasteiger partial charge >= 0.3 is 0 Å². The van der Waals surface area contributed by atoms with E-state index in [0.717, 1.165) is 57.5 Å². The predicted octanol–water partition coefficient (Wildman–Crippen LogP) is 2.98. The van der Waals surface area contributed by atoms with Crippen molar-refractivity contribution in [1.29, 1.82) is 0 Å². The molecule has 160 valence electrons. The average Bonchev–Trinajstić information content (AvgIpc) is 3.25. The molecule has 2 heterocycles. The Bertz CT molecular complexity index is 721. The highest BCUT2D eigenvalue weighted by molar-refractivity contribution is 14.0. The largest absolute Gasteiger partial charge is 0.492 e. The Balaban J connectivity index is 0.00000300. The second-order valence-corrected chi connectivity index (χ2v) is 7.66. The second kappa shape index (κ2) is 13.8. The molecule has 6 nitrogen and oxygen atoms in total. The van der Waals surface area contributed by atoms with E-state index in [1.54, 1.807) is 18.4 Å². The Morgan fingerprint density at radius 1 is 1.21 bits per heavy atom. The van der Waals surface area contributed by atoms with Gasteiger partial charge in [-0.2, -0.15) is 0 Å². The van der Waals surface area contributed by atoms with Crippen LogP contribution in [0.4, 0.5) is 0 Å². The van der Waals surface area contributed by atoms with Gasteiger partial charge in [0.05, 0.1) is 13.2 Å². The summed E-state index contributed by atoms with van der Waals surface area (Å²) in [7, 11) is 1.80. The van der Waals surface area contributed by atoms with Gasteiger partial charge in [0.15, 0.2) is 5.96 Å². The molecule has 1 aliphatic rings. The maximum atomic E-state index is 5.93. The monoisotopic (exact) mass is 530 g/mol. The summed E-state index contributed by atoms with van der Waals surface area (Å²) in [6, 6.07) is 12.5. The highest BCUT2D eigenvalue weighted by Crippen LogP contribution is 2.13. The van der Waals surface area contributed by atoms with Crippen LogP contribution in [0.1, 0.15) is 10.4 Å². The molecular formula is C21H31IN4O2S. The fourth-order valence-corrected chi connectivity index (χ4v) is 3.74. The fraction of sp³-hybridized carbons (Fsp3) is 0.476. The van der Waals surface area contributed by atoms with Crippen molar-refractivity contribution >= 4 is 41.3 Å². The molecule has 1 aromatic heterocycles. The number of hydrogen-bond acceptors (Lipinski definition) is 5. The van der Waals surface area contributed by atoms with Gasteiger partial charge in [-0.1, -0.05) is 18.2 Å². The van der Waals surface area contributed by atoms with E-state index < -0.39 is 0 Å².